The molecular weight excluding hydrogens is 250 g/mol. The van der Waals surface area contributed by atoms with Crippen LogP contribution in [0.1, 0.15) is 36.0 Å². The zero-order valence-corrected chi connectivity index (χ0v) is 10.9. The Kier molecular flexibility index (Phi) is 3.20. The van der Waals surface area contributed by atoms with Crippen LogP contribution in [0.5, 0.6) is 0 Å². The van der Waals surface area contributed by atoms with Gasteiger partial charge in [0.1, 0.15) is 17.3 Å². The van der Waals surface area contributed by atoms with Crippen molar-refractivity contribution in [3.05, 3.63) is 17.0 Å². The van der Waals surface area contributed by atoms with Crippen LogP contribution in [-0.4, -0.2) is 22.8 Å². The van der Waals surface area contributed by atoms with Crippen molar-refractivity contribution < 1.29 is 4.79 Å². The Morgan fingerprint density at radius 3 is 2.94 bits per heavy atom. The second-order valence-corrected chi connectivity index (χ2v) is 5.72. The Morgan fingerprint density at radius 1 is 1.39 bits per heavy atom. The van der Waals surface area contributed by atoms with Gasteiger partial charge >= 0.3 is 0 Å². The summed E-state index contributed by atoms with van der Waals surface area (Å²) in [5.74, 6) is 3.07. The molecule has 0 spiro atoms. The van der Waals surface area contributed by atoms with Gasteiger partial charge in [-0.2, -0.15) is 0 Å². The van der Waals surface area contributed by atoms with Crippen LogP contribution in [0.2, 0.25) is 5.15 Å². The molecule has 3 atom stereocenters. The molecule has 3 rings (SSSR count). The SMILES string of the molecule is O=Cc1c(Cl)ncnc1NCC1CC2CCC1C2. The number of hydrogen-bond donors (Lipinski definition) is 1. The van der Waals surface area contributed by atoms with E-state index in [0.29, 0.717) is 17.7 Å². The van der Waals surface area contributed by atoms with E-state index in [1.807, 2.05) is 0 Å². The maximum Gasteiger partial charge on any atom is 0.156 e. The summed E-state index contributed by atoms with van der Waals surface area (Å²) in [6, 6.07) is 0. The molecular formula is C13H16ClN3O. The normalized spacial score (nSPS) is 29.5. The van der Waals surface area contributed by atoms with Gasteiger partial charge < -0.3 is 5.32 Å². The molecule has 1 aromatic heterocycles. The first-order valence-corrected chi connectivity index (χ1v) is 6.85. The molecule has 4 nitrogen and oxygen atoms in total. The number of halogens is 1. The highest BCUT2D eigenvalue weighted by Gasteiger charge is 2.39. The monoisotopic (exact) mass is 265 g/mol. The molecule has 3 unspecified atom stereocenters. The number of carbonyl (C=O) groups excluding carboxylic acids is 1. The van der Waals surface area contributed by atoms with Gasteiger partial charge in [0.25, 0.3) is 0 Å². The van der Waals surface area contributed by atoms with Crippen LogP contribution >= 0.6 is 11.6 Å². The van der Waals surface area contributed by atoms with Gasteiger partial charge in [-0.15, -0.1) is 0 Å². The molecule has 1 N–H and O–H groups in total. The van der Waals surface area contributed by atoms with Crippen molar-refractivity contribution in [1.29, 1.82) is 0 Å². The highest BCUT2D eigenvalue weighted by molar-refractivity contribution is 6.32. The fourth-order valence-corrected chi connectivity index (χ4v) is 3.65. The molecule has 0 saturated heterocycles. The smallest absolute Gasteiger partial charge is 0.156 e. The summed E-state index contributed by atoms with van der Waals surface area (Å²) in [6.07, 6.45) is 7.57. The second kappa shape index (κ2) is 4.84. The molecule has 0 amide bonds. The fraction of sp³-hybridized carbons (Fsp3) is 0.615. The predicted octanol–water partition coefficient (Wildman–Crippen LogP) is 2.79. The summed E-state index contributed by atoms with van der Waals surface area (Å²) >= 11 is 5.87. The van der Waals surface area contributed by atoms with Gasteiger partial charge in [0.05, 0.1) is 5.56 Å². The van der Waals surface area contributed by atoms with Crippen LogP contribution in [0, 0.1) is 17.8 Å². The lowest BCUT2D eigenvalue weighted by Crippen LogP contribution is -2.21. The zero-order valence-electron chi connectivity index (χ0n) is 10.1. The van der Waals surface area contributed by atoms with Gasteiger partial charge in [0.2, 0.25) is 0 Å². The Bertz CT molecular complexity index is 466. The molecule has 1 aromatic rings. The lowest BCUT2D eigenvalue weighted by Gasteiger charge is -2.22. The summed E-state index contributed by atoms with van der Waals surface area (Å²) in [4.78, 5) is 18.9. The third kappa shape index (κ3) is 2.09. The number of aromatic nitrogens is 2. The Morgan fingerprint density at radius 2 is 2.28 bits per heavy atom. The van der Waals surface area contributed by atoms with Crippen molar-refractivity contribution >= 4 is 23.7 Å². The summed E-state index contributed by atoms with van der Waals surface area (Å²) in [7, 11) is 0. The molecule has 5 heteroatoms. The average Bonchev–Trinajstić information content (AvgIpc) is 2.98. The zero-order chi connectivity index (χ0) is 12.5. The molecule has 2 aliphatic rings. The van der Waals surface area contributed by atoms with E-state index in [1.54, 1.807) is 0 Å². The lowest BCUT2D eigenvalue weighted by molar-refractivity contribution is 0.112. The van der Waals surface area contributed by atoms with Gasteiger partial charge in [-0.1, -0.05) is 18.0 Å². The van der Waals surface area contributed by atoms with E-state index >= 15 is 0 Å². The van der Waals surface area contributed by atoms with Gasteiger partial charge in [-0.25, -0.2) is 9.97 Å². The lowest BCUT2D eigenvalue weighted by atomic mass is 9.89. The molecule has 2 fully saturated rings. The third-order valence-electron chi connectivity index (χ3n) is 4.37. The standard InChI is InChI=1S/C13H16ClN3O/c14-12-11(6-18)13(17-7-16-12)15-5-10-4-8-1-2-9(10)3-8/h6-10H,1-5H2,(H,15,16,17). The van der Waals surface area contributed by atoms with Gasteiger partial charge in [0, 0.05) is 6.54 Å². The number of nitrogens with zero attached hydrogens (tertiary/aromatic N) is 2. The molecule has 2 aliphatic carbocycles. The molecule has 1 heterocycles. The first-order valence-electron chi connectivity index (χ1n) is 6.47. The van der Waals surface area contributed by atoms with E-state index in [0.717, 1.165) is 24.3 Å². The molecule has 2 saturated carbocycles. The molecule has 0 aromatic carbocycles. The number of anilines is 1. The van der Waals surface area contributed by atoms with Crippen LogP contribution in [0.3, 0.4) is 0 Å². The van der Waals surface area contributed by atoms with E-state index in [9.17, 15) is 4.79 Å². The van der Waals surface area contributed by atoms with Crippen molar-refractivity contribution in [3.63, 3.8) is 0 Å². The Labute approximate surface area is 111 Å². The first-order chi connectivity index (χ1) is 8.78. The molecule has 96 valence electrons. The van der Waals surface area contributed by atoms with Crippen LogP contribution in [0.25, 0.3) is 0 Å². The minimum absolute atomic E-state index is 0.218. The second-order valence-electron chi connectivity index (χ2n) is 5.36. The first kappa shape index (κ1) is 11.9. The van der Waals surface area contributed by atoms with Crippen LogP contribution in [-0.2, 0) is 0 Å². The molecule has 2 bridgehead atoms. The summed E-state index contributed by atoms with van der Waals surface area (Å²) in [5.41, 5.74) is 0.363. The van der Waals surface area contributed by atoms with Crippen molar-refractivity contribution in [3.8, 4) is 0 Å². The van der Waals surface area contributed by atoms with E-state index in [-0.39, 0.29) is 5.15 Å². The number of fused-ring (bicyclic) bond motifs is 2. The largest absolute Gasteiger partial charge is 0.369 e. The highest BCUT2D eigenvalue weighted by Crippen LogP contribution is 2.48. The topological polar surface area (TPSA) is 54.9 Å². The number of nitrogens with one attached hydrogen (secondary N) is 1. The number of hydrogen-bond acceptors (Lipinski definition) is 4. The average molecular weight is 266 g/mol. The quantitative estimate of drug-likeness (QED) is 0.672. The molecule has 18 heavy (non-hydrogen) atoms. The molecule has 0 aliphatic heterocycles. The number of aldehydes is 1. The summed E-state index contributed by atoms with van der Waals surface area (Å²) < 4.78 is 0. The fourth-order valence-electron chi connectivity index (χ4n) is 3.47. The summed E-state index contributed by atoms with van der Waals surface area (Å²) in [5, 5.41) is 3.48. The van der Waals surface area contributed by atoms with Gasteiger partial charge in [-0.05, 0) is 37.0 Å². The van der Waals surface area contributed by atoms with Crippen molar-refractivity contribution in [2.75, 3.05) is 11.9 Å². The molecule has 0 radical (unpaired) electrons. The Balaban J connectivity index is 1.67. The van der Waals surface area contributed by atoms with Gasteiger partial charge in [0.15, 0.2) is 6.29 Å². The minimum Gasteiger partial charge on any atom is -0.369 e. The van der Waals surface area contributed by atoms with Gasteiger partial charge in [-0.3, -0.25) is 4.79 Å². The van der Waals surface area contributed by atoms with E-state index < -0.39 is 0 Å². The Hall–Kier alpha value is -1.16. The van der Waals surface area contributed by atoms with Crippen molar-refractivity contribution in [2.45, 2.75) is 25.7 Å². The van der Waals surface area contributed by atoms with Crippen molar-refractivity contribution in [2.24, 2.45) is 17.8 Å². The van der Waals surface area contributed by atoms with E-state index in [1.165, 1.54) is 32.0 Å². The van der Waals surface area contributed by atoms with Crippen LogP contribution in [0.4, 0.5) is 5.82 Å². The maximum absolute atomic E-state index is 11.0. The number of carbonyl (C=O) groups is 1. The van der Waals surface area contributed by atoms with Crippen molar-refractivity contribution in [1.82, 2.24) is 9.97 Å². The highest BCUT2D eigenvalue weighted by atomic mass is 35.5. The summed E-state index contributed by atoms with van der Waals surface area (Å²) in [6.45, 7) is 0.884. The maximum atomic E-state index is 11.0. The third-order valence-corrected chi connectivity index (χ3v) is 4.67. The van der Waals surface area contributed by atoms with Crippen LogP contribution in [0.15, 0.2) is 6.33 Å². The van der Waals surface area contributed by atoms with Crippen LogP contribution < -0.4 is 5.32 Å². The predicted molar refractivity (Wildman–Crippen MR) is 69.9 cm³/mol. The van der Waals surface area contributed by atoms with E-state index in [2.05, 4.69) is 15.3 Å². The minimum atomic E-state index is 0.218. The number of rotatable bonds is 4. The van der Waals surface area contributed by atoms with E-state index in [4.69, 9.17) is 11.6 Å².